The van der Waals surface area contributed by atoms with E-state index in [0.29, 0.717) is 0 Å². The number of aromatic nitrogens is 4. The number of rotatable bonds is 3. The number of hydrogen-bond donors (Lipinski definition) is 1. The highest BCUT2D eigenvalue weighted by Gasteiger charge is 2.12. The SMILES string of the molecule is Brc1cnn2c(Nc3cccnc3)cc(-c3cccs3)nc12. The van der Waals surface area contributed by atoms with Crippen LogP contribution in [0.15, 0.2) is 58.8 Å². The Balaban J connectivity index is 1.88. The fraction of sp³-hybridized carbons (Fsp3) is 0. The second kappa shape index (κ2) is 5.51. The van der Waals surface area contributed by atoms with Crippen molar-refractivity contribution in [3.63, 3.8) is 0 Å². The first kappa shape index (κ1) is 13.4. The molecule has 0 aromatic carbocycles. The third kappa shape index (κ3) is 2.38. The van der Waals surface area contributed by atoms with E-state index < -0.39 is 0 Å². The number of thiophene rings is 1. The lowest BCUT2D eigenvalue weighted by Crippen LogP contribution is -2.02. The molecule has 0 aliphatic rings. The van der Waals surface area contributed by atoms with Gasteiger partial charge in [-0.15, -0.1) is 11.3 Å². The lowest BCUT2D eigenvalue weighted by atomic mass is 10.3. The van der Waals surface area contributed by atoms with Crippen LogP contribution in [0.5, 0.6) is 0 Å². The van der Waals surface area contributed by atoms with Gasteiger partial charge in [-0.1, -0.05) is 6.07 Å². The van der Waals surface area contributed by atoms with E-state index in [1.54, 1.807) is 34.4 Å². The molecule has 0 aliphatic heterocycles. The lowest BCUT2D eigenvalue weighted by molar-refractivity contribution is 0.949. The fourth-order valence-corrected chi connectivity index (χ4v) is 3.19. The summed E-state index contributed by atoms with van der Waals surface area (Å²) in [6.07, 6.45) is 5.26. The normalized spacial score (nSPS) is 11.0. The molecule has 7 heteroatoms. The molecule has 22 heavy (non-hydrogen) atoms. The number of halogens is 1. The first-order valence-electron chi connectivity index (χ1n) is 6.56. The molecule has 4 aromatic rings. The molecule has 4 aromatic heterocycles. The van der Waals surface area contributed by atoms with E-state index in [-0.39, 0.29) is 0 Å². The van der Waals surface area contributed by atoms with Crippen molar-refractivity contribution in [1.29, 1.82) is 0 Å². The summed E-state index contributed by atoms with van der Waals surface area (Å²) in [4.78, 5) is 9.93. The Kier molecular flexibility index (Phi) is 3.36. The van der Waals surface area contributed by atoms with Crippen LogP contribution in [0.4, 0.5) is 11.5 Å². The molecule has 4 rings (SSSR count). The van der Waals surface area contributed by atoms with E-state index in [1.807, 2.05) is 29.6 Å². The monoisotopic (exact) mass is 371 g/mol. The molecule has 0 atom stereocenters. The molecule has 0 saturated carbocycles. The molecule has 4 heterocycles. The van der Waals surface area contributed by atoms with Gasteiger partial charge in [-0.05, 0) is 39.5 Å². The van der Waals surface area contributed by atoms with Crippen LogP contribution in [0.3, 0.4) is 0 Å². The highest BCUT2D eigenvalue weighted by atomic mass is 79.9. The van der Waals surface area contributed by atoms with Gasteiger partial charge in [0.2, 0.25) is 0 Å². The number of nitrogens with zero attached hydrogens (tertiary/aromatic N) is 4. The first-order valence-corrected chi connectivity index (χ1v) is 8.24. The second-order valence-electron chi connectivity index (χ2n) is 4.60. The predicted octanol–water partition coefficient (Wildman–Crippen LogP) is 4.36. The highest BCUT2D eigenvalue weighted by molar-refractivity contribution is 9.10. The third-order valence-electron chi connectivity index (χ3n) is 3.14. The summed E-state index contributed by atoms with van der Waals surface area (Å²) < 4.78 is 2.63. The van der Waals surface area contributed by atoms with Crippen molar-refractivity contribution in [3.8, 4) is 10.6 Å². The Labute approximate surface area is 138 Å². The van der Waals surface area contributed by atoms with Crippen molar-refractivity contribution in [2.45, 2.75) is 0 Å². The minimum atomic E-state index is 0.775. The molecule has 0 saturated heterocycles. The first-order chi connectivity index (χ1) is 10.8. The molecule has 0 spiro atoms. The molecule has 1 N–H and O–H groups in total. The number of anilines is 2. The number of fused-ring (bicyclic) bond motifs is 1. The van der Waals surface area contributed by atoms with Crippen molar-refractivity contribution in [2.75, 3.05) is 5.32 Å². The van der Waals surface area contributed by atoms with E-state index in [9.17, 15) is 0 Å². The van der Waals surface area contributed by atoms with E-state index in [0.717, 1.165) is 32.2 Å². The van der Waals surface area contributed by atoms with Gasteiger partial charge < -0.3 is 5.32 Å². The zero-order valence-corrected chi connectivity index (χ0v) is 13.7. The smallest absolute Gasteiger partial charge is 0.172 e. The maximum atomic E-state index is 4.69. The van der Waals surface area contributed by atoms with Crippen LogP contribution in [0, 0.1) is 0 Å². The van der Waals surface area contributed by atoms with Gasteiger partial charge in [0.05, 0.1) is 33.1 Å². The van der Waals surface area contributed by atoms with Gasteiger partial charge in [0.25, 0.3) is 0 Å². The Morgan fingerprint density at radius 1 is 1.18 bits per heavy atom. The highest BCUT2D eigenvalue weighted by Crippen LogP contribution is 2.29. The fourth-order valence-electron chi connectivity index (χ4n) is 2.16. The Morgan fingerprint density at radius 2 is 2.14 bits per heavy atom. The molecule has 0 aliphatic carbocycles. The van der Waals surface area contributed by atoms with Gasteiger partial charge in [-0.3, -0.25) is 4.98 Å². The second-order valence-corrected chi connectivity index (χ2v) is 6.40. The van der Waals surface area contributed by atoms with Crippen LogP contribution in [0.1, 0.15) is 0 Å². The van der Waals surface area contributed by atoms with E-state index in [4.69, 9.17) is 0 Å². The van der Waals surface area contributed by atoms with Gasteiger partial charge in [0, 0.05) is 12.3 Å². The van der Waals surface area contributed by atoms with Gasteiger partial charge >= 0.3 is 0 Å². The molecule has 108 valence electrons. The Hall–Kier alpha value is -2.25. The van der Waals surface area contributed by atoms with Crippen LogP contribution in [0.2, 0.25) is 0 Å². The van der Waals surface area contributed by atoms with E-state index >= 15 is 0 Å². The zero-order valence-electron chi connectivity index (χ0n) is 11.3. The molecule has 0 unspecified atom stereocenters. The summed E-state index contributed by atoms with van der Waals surface area (Å²) in [5, 5.41) is 9.75. The van der Waals surface area contributed by atoms with Gasteiger partial charge in [-0.25, -0.2) is 4.98 Å². The maximum Gasteiger partial charge on any atom is 0.172 e. The van der Waals surface area contributed by atoms with Crippen molar-refractivity contribution >= 4 is 44.4 Å². The molecule has 0 radical (unpaired) electrons. The summed E-state index contributed by atoms with van der Waals surface area (Å²) in [6.45, 7) is 0. The van der Waals surface area contributed by atoms with Crippen LogP contribution in [0.25, 0.3) is 16.2 Å². The van der Waals surface area contributed by atoms with Crippen molar-refractivity contribution in [2.24, 2.45) is 0 Å². The molecular weight excluding hydrogens is 362 g/mol. The Bertz CT molecular complexity index is 918. The van der Waals surface area contributed by atoms with Crippen LogP contribution >= 0.6 is 27.3 Å². The summed E-state index contributed by atoms with van der Waals surface area (Å²) >= 11 is 5.16. The van der Waals surface area contributed by atoms with Crippen LogP contribution < -0.4 is 5.32 Å². The average Bonchev–Trinajstić information content (AvgIpc) is 3.19. The van der Waals surface area contributed by atoms with Crippen molar-refractivity contribution < 1.29 is 0 Å². The van der Waals surface area contributed by atoms with Crippen LogP contribution in [-0.4, -0.2) is 19.6 Å². The molecule has 0 bridgehead atoms. The van der Waals surface area contributed by atoms with Crippen LogP contribution in [-0.2, 0) is 0 Å². The largest absolute Gasteiger partial charge is 0.339 e. The summed E-state index contributed by atoms with van der Waals surface area (Å²) in [7, 11) is 0. The molecular formula is C15H10BrN5S. The van der Waals surface area contributed by atoms with E-state index in [2.05, 4.69) is 42.4 Å². The average molecular weight is 372 g/mol. The summed E-state index contributed by atoms with van der Waals surface area (Å²) in [5.74, 6) is 0.840. The number of nitrogens with one attached hydrogen (secondary N) is 1. The Morgan fingerprint density at radius 3 is 2.91 bits per heavy atom. The molecule has 0 amide bonds. The lowest BCUT2D eigenvalue weighted by Gasteiger charge is -2.09. The van der Waals surface area contributed by atoms with Crippen molar-refractivity contribution in [1.82, 2.24) is 19.6 Å². The minimum Gasteiger partial charge on any atom is -0.339 e. The topological polar surface area (TPSA) is 55.1 Å². The standard InChI is InChI=1S/C15H10BrN5S/c16-11-9-18-21-14(19-10-3-1-5-17-8-10)7-12(20-15(11)21)13-4-2-6-22-13/h1-9,19H. The maximum absolute atomic E-state index is 4.69. The predicted molar refractivity (Wildman–Crippen MR) is 91.5 cm³/mol. The van der Waals surface area contributed by atoms with Gasteiger partial charge in [0.1, 0.15) is 5.82 Å². The zero-order chi connectivity index (χ0) is 14.9. The quantitative estimate of drug-likeness (QED) is 0.581. The van der Waals surface area contributed by atoms with Crippen molar-refractivity contribution in [3.05, 3.63) is 58.8 Å². The molecule has 5 nitrogen and oxygen atoms in total. The van der Waals surface area contributed by atoms with Gasteiger partial charge in [0.15, 0.2) is 5.65 Å². The summed E-state index contributed by atoms with van der Waals surface area (Å²) in [6, 6.07) is 9.92. The molecule has 0 fully saturated rings. The van der Waals surface area contributed by atoms with E-state index in [1.165, 1.54) is 0 Å². The number of hydrogen-bond acceptors (Lipinski definition) is 5. The van der Waals surface area contributed by atoms with Gasteiger partial charge in [-0.2, -0.15) is 9.61 Å². The third-order valence-corrected chi connectivity index (χ3v) is 4.59. The minimum absolute atomic E-state index is 0.775. The summed E-state index contributed by atoms with van der Waals surface area (Å²) in [5.41, 5.74) is 2.59. The number of pyridine rings is 1.